The molecule has 0 aliphatic carbocycles. The molecule has 3 heterocycles. The normalized spacial score (nSPS) is 10.8. The minimum absolute atomic E-state index is 0.143. The summed E-state index contributed by atoms with van der Waals surface area (Å²) in [5.41, 5.74) is 6.55. The van der Waals surface area contributed by atoms with Crippen molar-refractivity contribution in [3.63, 3.8) is 0 Å². The molecule has 8 heteroatoms. The van der Waals surface area contributed by atoms with Gasteiger partial charge in [0.25, 0.3) is 5.91 Å². The monoisotopic (exact) mass is 381 g/mol. The minimum atomic E-state index is -0.619. The summed E-state index contributed by atoms with van der Waals surface area (Å²) >= 11 is 7.52. The number of primary amides is 1. The third-order valence-electron chi connectivity index (χ3n) is 3.71. The lowest BCUT2D eigenvalue weighted by atomic mass is 10.1. The Labute approximate surface area is 157 Å². The fourth-order valence-electron chi connectivity index (χ4n) is 2.54. The Bertz CT molecular complexity index is 1110. The summed E-state index contributed by atoms with van der Waals surface area (Å²) in [7, 11) is 0. The van der Waals surface area contributed by atoms with Crippen LogP contribution in [0.2, 0.25) is 5.02 Å². The number of rotatable bonds is 4. The Morgan fingerprint density at radius 3 is 2.73 bits per heavy atom. The highest BCUT2D eigenvalue weighted by Gasteiger charge is 2.18. The third kappa shape index (κ3) is 3.10. The Morgan fingerprint density at radius 1 is 1.12 bits per heavy atom. The van der Waals surface area contributed by atoms with Gasteiger partial charge >= 0.3 is 0 Å². The lowest BCUT2D eigenvalue weighted by Gasteiger charge is -2.05. The number of pyridine rings is 1. The number of fused-ring (bicyclic) bond motifs is 1. The van der Waals surface area contributed by atoms with Crippen molar-refractivity contribution in [3.8, 4) is 10.4 Å². The van der Waals surface area contributed by atoms with Crippen LogP contribution in [0.25, 0.3) is 20.5 Å². The molecule has 1 aromatic carbocycles. The molecule has 26 heavy (non-hydrogen) atoms. The van der Waals surface area contributed by atoms with Gasteiger partial charge < -0.3 is 11.1 Å². The number of carbonyl (C=O) groups is 1. The van der Waals surface area contributed by atoms with Crippen LogP contribution in [-0.4, -0.2) is 21.1 Å². The number of amides is 1. The van der Waals surface area contributed by atoms with E-state index in [1.165, 1.54) is 11.3 Å². The van der Waals surface area contributed by atoms with Crippen LogP contribution in [0.4, 0.5) is 11.6 Å². The number of carbonyl (C=O) groups excluding carboxylic acids is 1. The highest BCUT2D eigenvalue weighted by Crippen LogP contribution is 2.38. The molecule has 0 radical (unpaired) electrons. The van der Waals surface area contributed by atoms with Crippen molar-refractivity contribution in [2.24, 2.45) is 5.73 Å². The summed E-state index contributed by atoms with van der Waals surface area (Å²) in [6.07, 6.45) is 1.68. The van der Waals surface area contributed by atoms with Gasteiger partial charge in [0.1, 0.15) is 5.82 Å². The fourth-order valence-corrected chi connectivity index (χ4v) is 3.87. The Hall–Kier alpha value is -3.03. The standard InChI is InChI=1S/C18H12ClN5OS/c19-11-5-3-4-10(8-11)13-9-12-16(26-13)15(17(20)25)23-24-18(12)22-14-6-1-2-7-21-14/h1-9H,(H2,20,25)(H,21,22,24). The van der Waals surface area contributed by atoms with Gasteiger partial charge in [-0.25, -0.2) is 4.98 Å². The van der Waals surface area contributed by atoms with Gasteiger partial charge in [-0.05, 0) is 35.9 Å². The fraction of sp³-hybridized carbons (Fsp3) is 0. The molecule has 0 aliphatic rings. The molecule has 128 valence electrons. The van der Waals surface area contributed by atoms with Crippen molar-refractivity contribution in [3.05, 3.63) is 65.4 Å². The van der Waals surface area contributed by atoms with E-state index in [1.54, 1.807) is 6.20 Å². The summed E-state index contributed by atoms with van der Waals surface area (Å²) in [5.74, 6) is 0.519. The van der Waals surface area contributed by atoms with Gasteiger partial charge in [0, 0.05) is 21.5 Å². The molecule has 0 unspecified atom stereocenters. The average molecular weight is 382 g/mol. The topological polar surface area (TPSA) is 93.8 Å². The van der Waals surface area contributed by atoms with Crippen LogP contribution in [0, 0.1) is 0 Å². The number of hydrogen-bond acceptors (Lipinski definition) is 6. The Balaban J connectivity index is 1.88. The van der Waals surface area contributed by atoms with E-state index in [-0.39, 0.29) is 5.69 Å². The third-order valence-corrected chi connectivity index (χ3v) is 5.13. The molecular weight excluding hydrogens is 370 g/mol. The summed E-state index contributed by atoms with van der Waals surface area (Å²) in [6, 6.07) is 15.0. The number of hydrogen-bond donors (Lipinski definition) is 2. The molecule has 6 nitrogen and oxygen atoms in total. The first-order valence-corrected chi connectivity index (χ1v) is 8.85. The van der Waals surface area contributed by atoms with Crippen LogP contribution in [0.5, 0.6) is 0 Å². The first kappa shape index (κ1) is 16.4. The van der Waals surface area contributed by atoms with Crippen molar-refractivity contribution in [1.82, 2.24) is 15.2 Å². The van der Waals surface area contributed by atoms with E-state index in [0.717, 1.165) is 15.8 Å². The van der Waals surface area contributed by atoms with E-state index in [1.807, 2.05) is 48.5 Å². The van der Waals surface area contributed by atoms with E-state index in [9.17, 15) is 4.79 Å². The van der Waals surface area contributed by atoms with Crippen LogP contribution < -0.4 is 11.1 Å². The molecule has 4 aromatic rings. The zero-order valence-electron chi connectivity index (χ0n) is 13.3. The molecule has 0 atom stereocenters. The number of nitrogens with zero attached hydrogens (tertiary/aromatic N) is 3. The van der Waals surface area contributed by atoms with Gasteiger partial charge in [-0.3, -0.25) is 4.79 Å². The number of anilines is 2. The van der Waals surface area contributed by atoms with E-state index in [4.69, 9.17) is 17.3 Å². The second-order valence-electron chi connectivity index (χ2n) is 5.47. The maximum atomic E-state index is 11.8. The van der Waals surface area contributed by atoms with Crippen molar-refractivity contribution in [2.75, 3.05) is 5.32 Å². The molecule has 1 amide bonds. The SMILES string of the molecule is NC(=O)c1nnc(Nc2ccccn2)c2cc(-c3cccc(Cl)c3)sc12. The van der Waals surface area contributed by atoms with Gasteiger partial charge in [-0.15, -0.1) is 21.5 Å². The molecule has 0 fully saturated rings. The molecule has 0 saturated heterocycles. The maximum absolute atomic E-state index is 11.8. The number of halogens is 1. The van der Waals surface area contributed by atoms with Crippen LogP contribution in [0.15, 0.2) is 54.7 Å². The molecule has 0 bridgehead atoms. The zero-order chi connectivity index (χ0) is 18.1. The summed E-state index contributed by atoms with van der Waals surface area (Å²) in [6.45, 7) is 0. The number of aromatic nitrogens is 3. The quantitative estimate of drug-likeness (QED) is 0.551. The average Bonchev–Trinajstić information content (AvgIpc) is 3.08. The highest BCUT2D eigenvalue weighted by atomic mass is 35.5. The van der Waals surface area contributed by atoms with Crippen LogP contribution in [0.1, 0.15) is 10.5 Å². The van der Waals surface area contributed by atoms with E-state index in [2.05, 4.69) is 20.5 Å². The molecule has 0 spiro atoms. The summed E-state index contributed by atoms with van der Waals surface area (Å²) < 4.78 is 0.668. The predicted molar refractivity (Wildman–Crippen MR) is 104 cm³/mol. The second-order valence-corrected chi connectivity index (χ2v) is 6.95. The predicted octanol–water partition coefficient (Wildman–Crippen LogP) is 4.25. The first-order valence-electron chi connectivity index (χ1n) is 7.66. The lowest BCUT2D eigenvalue weighted by molar-refractivity contribution is 0.0996. The van der Waals surface area contributed by atoms with Gasteiger partial charge in [0.15, 0.2) is 11.5 Å². The van der Waals surface area contributed by atoms with Gasteiger partial charge in [0.05, 0.1) is 4.70 Å². The molecular formula is C18H12ClN5OS. The first-order chi connectivity index (χ1) is 12.6. The second kappa shape index (κ2) is 6.70. The van der Waals surface area contributed by atoms with Crippen molar-refractivity contribution in [2.45, 2.75) is 0 Å². The van der Waals surface area contributed by atoms with E-state index < -0.39 is 5.91 Å². The summed E-state index contributed by atoms with van der Waals surface area (Å²) in [5, 5.41) is 12.6. The lowest BCUT2D eigenvalue weighted by Crippen LogP contribution is -2.14. The molecule has 0 aliphatic heterocycles. The van der Waals surface area contributed by atoms with Crippen LogP contribution in [0.3, 0.4) is 0 Å². The zero-order valence-corrected chi connectivity index (χ0v) is 14.9. The largest absolute Gasteiger partial charge is 0.364 e. The Morgan fingerprint density at radius 2 is 2.00 bits per heavy atom. The minimum Gasteiger partial charge on any atom is -0.364 e. The van der Waals surface area contributed by atoms with Gasteiger partial charge in [0.2, 0.25) is 0 Å². The van der Waals surface area contributed by atoms with Crippen molar-refractivity contribution < 1.29 is 4.79 Å². The number of thiophene rings is 1. The van der Waals surface area contributed by atoms with Crippen molar-refractivity contribution >= 4 is 50.6 Å². The maximum Gasteiger partial charge on any atom is 0.270 e. The van der Waals surface area contributed by atoms with Gasteiger partial charge in [-0.1, -0.05) is 29.8 Å². The summed E-state index contributed by atoms with van der Waals surface area (Å²) in [4.78, 5) is 16.9. The molecule has 3 N–H and O–H groups in total. The van der Waals surface area contributed by atoms with Gasteiger partial charge in [-0.2, -0.15) is 0 Å². The van der Waals surface area contributed by atoms with E-state index in [0.29, 0.717) is 21.4 Å². The highest BCUT2D eigenvalue weighted by molar-refractivity contribution is 7.22. The van der Waals surface area contributed by atoms with Crippen molar-refractivity contribution in [1.29, 1.82) is 0 Å². The smallest absolute Gasteiger partial charge is 0.270 e. The Kier molecular flexibility index (Phi) is 4.24. The molecule has 3 aromatic heterocycles. The van der Waals surface area contributed by atoms with Crippen LogP contribution in [-0.2, 0) is 0 Å². The number of nitrogens with one attached hydrogen (secondary N) is 1. The molecule has 0 saturated carbocycles. The number of benzene rings is 1. The number of nitrogens with two attached hydrogens (primary N) is 1. The van der Waals surface area contributed by atoms with Crippen LogP contribution >= 0.6 is 22.9 Å². The molecule has 4 rings (SSSR count). The van der Waals surface area contributed by atoms with E-state index >= 15 is 0 Å².